The second-order valence-electron chi connectivity index (χ2n) is 7.71. The Hall–Kier alpha value is -2.44. The molecule has 0 radical (unpaired) electrons. The van der Waals surface area contributed by atoms with Crippen LogP contribution in [0, 0.1) is 19.8 Å². The number of carbonyl (C=O) groups is 2. The van der Waals surface area contributed by atoms with E-state index in [-0.39, 0.29) is 11.9 Å². The quantitative estimate of drug-likeness (QED) is 0.705. The van der Waals surface area contributed by atoms with E-state index in [4.69, 9.17) is 5.73 Å². The molecule has 2 aromatic heterocycles. The highest BCUT2D eigenvalue weighted by atomic mass is 16.2. The van der Waals surface area contributed by atoms with Gasteiger partial charge < -0.3 is 11.1 Å². The Balaban J connectivity index is 2.00. The van der Waals surface area contributed by atoms with Gasteiger partial charge in [0.05, 0.1) is 6.20 Å². The predicted octanol–water partition coefficient (Wildman–Crippen LogP) is 2.71. The maximum absolute atomic E-state index is 12.3. The van der Waals surface area contributed by atoms with Crippen molar-refractivity contribution in [2.24, 2.45) is 11.7 Å². The fraction of sp³-hybridized carbons (Fsp3) is 0.600. The van der Waals surface area contributed by atoms with E-state index >= 15 is 0 Å². The van der Waals surface area contributed by atoms with Crippen molar-refractivity contribution in [2.45, 2.75) is 72.8 Å². The zero-order chi connectivity index (χ0) is 20.1. The number of hydrogen-bond acceptors (Lipinski definition) is 4. The number of aromatic nitrogens is 3. The fourth-order valence-electron chi connectivity index (χ4n) is 3.34. The van der Waals surface area contributed by atoms with Gasteiger partial charge in [0.25, 0.3) is 5.91 Å². The monoisotopic (exact) mass is 373 g/mol. The number of carbonyl (C=O) groups excluding carboxylic acids is 2. The number of amides is 2. The molecule has 0 fully saturated rings. The summed E-state index contributed by atoms with van der Waals surface area (Å²) in [5, 5.41) is 7.29. The van der Waals surface area contributed by atoms with Crippen molar-refractivity contribution in [1.82, 2.24) is 19.9 Å². The molecule has 0 aliphatic heterocycles. The lowest BCUT2D eigenvalue weighted by Crippen LogP contribution is -2.32. The second-order valence-corrected chi connectivity index (χ2v) is 7.71. The minimum atomic E-state index is -0.546. The normalized spacial score (nSPS) is 12.5. The second kappa shape index (κ2) is 8.97. The molecule has 0 saturated heterocycles. The topological polar surface area (TPSA) is 102 Å². The van der Waals surface area contributed by atoms with E-state index in [2.05, 4.69) is 36.2 Å². The summed E-state index contributed by atoms with van der Waals surface area (Å²) < 4.78 is 1.62. The van der Waals surface area contributed by atoms with Gasteiger partial charge in [0, 0.05) is 23.9 Å². The van der Waals surface area contributed by atoms with E-state index in [1.54, 1.807) is 4.52 Å². The number of nitrogens with zero attached hydrogens (tertiary/aromatic N) is 3. The highest BCUT2D eigenvalue weighted by molar-refractivity contribution is 5.98. The Morgan fingerprint density at radius 3 is 2.56 bits per heavy atom. The van der Waals surface area contributed by atoms with Crippen molar-refractivity contribution in [3.8, 4) is 0 Å². The lowest BCUT2D eigenvalue weighted by Gasteiger charge is -2.15. The molecule has 2 heterocycles. The van der Waals surface area contributed by atoms with E-state index < -0.39 is 5.91 Å². The average Bonchev–Trinajstić information content (AvgIpc) is 2.98. The van der Waals surface area contributed by atoms with E-state index in [9.17, 15) is 9.59 Å². The molecule has 2 amide bonds. The van der Waals surface area contributed by atoms with Gasteiger partial charge >= 0.3 is 0 Å². The summed E-state index contributed by atoms with van der Waals surface area (Å²) in [5.41, 5.74) is 8.79. The van der Waals surface area contributed by atoms with Crippen molar-refractivity contribution in [1.29, 1.82) is 0 Å². The first kappa shape index (κ1) is 20.9. The summed E-state index contributed by atoms with van der Waals surface area (Å²) in [7, 11) is 0. The van der Waals surface area contributed by atoms with Crippen LogP contribution in [0.25, 0.3) is 5.65 Å². The Morgan fingerprint density at radius 2 is 1.93 bits per heavy atom. The van der Waals surface area contributed by atoms with Crippen molar-refractivity contribution in [3.63, 3.8) is 0 Å². The summed E-state index contributed by atoms with van der Waals surface area (Å²) in [6.07, 6.45) is 5.72. The van der Waals surface area contributed by atoms with Gasteiger partial charge in [0.1, 0.15) is 5.56 Å². The van der Waals surface area contributed by atoms with Gasteiger partial charge in [0.15, 0.2) is 5.65 Å². The van der Waals surface area contributed by atoms with Gasteiger partial charge in [-0.1, -0.05) is 26.7 Å². The minimum Gasteiger partial charge on any atom is -0.365 e. The van der Waals surface area contributed by atoms with E-state index in [1.165, 1.54) is 12.6 Å². The van der Waals surface area contributed by atoms with Crippen LogP contribution in [0.2, 0.25) is 0 Å². The van der Waals surface area contributed by atoms with Gasteiger partial charge in [-0.05, 0) is 45.1 Å². The van der Waals surface area contributed by atoms with Crippen molar-refractivity contribution in [2.75, 3.05) is 0 Å². The number of rotatable bonds is 9. The first-order valence-corrected chi connectivity index (χ1v) is 9.63. The molecule has 0 aromatic carbocycles. The van der Waals surface area contributed by atoms with Crippen LogP contribution >= 0.6 is 0 Å². The molecule has 2 aromatic rings. The predicted molar refractivity (Wildman–Crippen MR) is 106 cm³/mol. The first-order chi connectivity index (χ1) is 12.7. The van der Waals surface area contributed by atoms with Crippen LogP contribution in [-0.4, -0.2) is 32.5 Å². The third kappa shape index (κ3) is 5.28. The molecule has 0 bridgehead atoms. The highest BCUT2D eigenvalue weighted by Gasteiger charge is 2.17. The molecular weight excluding hydrogens is 342 g/mol. The molecule has 0 spiro atoms. The first-order valence-electron chi connectivity index (χ1n) is 9.63. The highest BCUT2D eigenvalue weighted by Crippen LogP contribution is 2.18. The molecule has 7 nitrogen and oxygen atoms in total. The third-order valence-electron chi connectivity index (χ3n) is 4.90. The number of nitrogens with one attached hydrogen (secondary N) is 1. The Labute approximate surface area is 160 Å². The van der Waals surface area contributed by atoms with Gasteiger partial charge in [-0.25, -0.2) is 9.50 Å². The number of aryl methyl sites for hydroxylation is 2. The Bertz CT molecular complexity index is 825. The summed E-state index contributed by atoms with van der Waals surface area (Å²) in [4.78, 5) is 28.3. The van der Waals surface area contributed by atoms with E-state index in [0.717, 1.165) is 29.8 Å². The number of nitrogens with two attached hydrogens (primary N) is 1. The summed E-state index contributed by atoms with van der Waals surface area (Å²) in [6.45, 7) is 10.3. The van der Waals surface area contributed by atoms with Crippen LogP contribution in [0.4, 0.5) is 0 Å². The maximum Gasteiger partial charge on any atom is 0.254 e. The standard InChI is InChI=1S/C20H31N5O2/c1-12(2)7-6-8-13(3)23-18(26)10-9-16-14(4)24-20-17(19(21)27)11-22-25(20)15(16)5/h11-13H,6-10H2,1-5H3,(H2,21,27)(H,23,26). The fourth-order valence-corrected chi connectivity index (χ4v) is 3.34. The van der Waals surface area contributed by atoms with Crippen molar-refractivity contribution < 1.29 is 9.59 Å². The van der Waals surface area contributed by atoms with E-state index in [0.29, 0.717) is 30.0 Å². The Morgan fingerprint density at radius 1 is 1.22 bits per heavy atom. The lowest BCUT2D eigenvalue weighted by molar-refractivity contribution is -0.121. The minimum absolute atomic E-state index is 0.0456. The molecule has 0 aliphatic carbocycles. The van der Waals surface area contributed by atoms with E-state index in [1.807, 2.05) is 13.8 Å². The average molecular weight is 374 g/mol. The molecule has 2 rings (SSSR count). The molecule has 3 N–H and O–H groups in total. The SMILES string of the molecule is Cc1nc2c(C(N)=O)cnn2c(C)c1CCC(=O)NC(C)CCCC(C)C. The molecule has 27 heavy (non-hydrogen) atoms. The van der Waals surface area contributed by atoms with Crippen LogP contribution < -0.4 is 11.1 Å². The molecule has 0 saturated carbocycles. The Kier molecular flexibility index (Phi) is 6.93. The van der Waals surface area contributed by atoms with Crippen LogP contribution in [0.5, 0.6) is 0 Å². The molecule has 1 unspecified atom stereocenters. The third-order valence-corrected chi connectivity index (χ3v) is 4.90. The zero-order valence-electron chi connectivity index (χ0n) is 17.0. The van der Waals surface area contributed by atoms with Gasteiger partial charge in [0.2, 0.25) is 5.91 Å². The van der Waals surface area contributed by atoms with Crippen LogP contribution in [0.1, 0.15) is 73.8 Å². The summed E-state index contributed by atoms with van der Waals surface area (Å²) >= 11 is 0. The largest absolute Gasteiger partial charge is 0.365 e. The van der Waals surface area contributed by atoms with Crippen LogP contribution in [-0.2, 0) is 11.2 Å². The molecule has 1 atom stereocenters. The summed E-state index contributed by atoms with van der Waals surface area (Å²) in [5.74, 6) is 0.192. The molecule has 0 aliphatic rings. The molecule has 7 heteroatoms. The van der Waals surface area contributed by atoms with Crippen molar-refractivity contribution in [3.05, 3.63) is 28.7 Å². The summed E-state index contributed by atoms with van der Waals surface area (Å²) in [6, 6.07) is 0.184. The zero-order valence-corrected chi connectivity index (χ0v) is 17.0. The number of hydrogen-bond donors (Lipinski definition) is 2. The smallest absolute Gasteiger partial charge is 0.254 e. The van der Waals surface area contributed by atoms with Crippen LogP contribution in [0.3, 0.4) is 0 Å². The van der Waals surface area contributed by atoms with Crippen LogP contribution in [0.15, 0.2) is 6.20 Å². The van der Waals surface area contributed by atoms with Gasteiger partial charge in [-0.15, -0.1) is 0 Å². The maximum atomic E-state index is 12.3. The molecular formula is C20H31N5O2. The number of primary amides is 1. The number of fused-ring (bicyclic) bond motifs is 1. The van der Waals surface area contributed by atoms with Gasteiger partial charge in [-0.2, -0.15) is 5.10 Å². The lowest BCUT2D eigenvalue weighted by atomic mass is 10.0. The molecule has 148 valence electrons. The van der Waals surface area contributed by atoms with Crippen molar-refractivity contribution >= 4 is 17.5 Å². The van der Waals surface area contributed by atoms with Gasteiger partial charge in [-0.3, -0.25) is 9.59 Å².